The summed E-state index contributed by atoms with van der Waals surface area (Å²) in [6.45, 7) is 4.66. The summed E-state index contributed by atoms with van der Waals surface area (Å²) in [5, 5.41) is 0. The van der Waals surface area contributed by atoms with Crippen molar-refractivity contribution in [1.82, 2.24) is 0 Å². The number of rotatable bonds is 4. The van der Waals surface area contributed by atoms with Gasteiger partial charge in [0.1, 0.15) is 11.9 Å². The molecule has 0 saturated heterocycles. The molecule has 2 fully saturated rings. The van der Waals surface area contributed by atoms with E-state index in [9.17, 15) is 9.59 Å². The molecule has 4 heteroatoms. The highest BCUT2D eigenvalue weighted by Gasteiger charge is 2.57. The van der Waals surface area contributed by atoms with E-state index in [-0.39, 0.29) is 29.5 Å². The van der Waals surface area contributed by atoms with Crippen molar-refractivity contribution in [2.24, 2.45) is 28.6 Å². The maximum atomic E-state index is 12.6. The number of hydrogen-bond donors (Lipinski definition) is 0. The number of fused-ring (bicyclic) bond motifs is 5. The smallest absolute Gasteiger partial charge is 0.344 e. The van der Waals surface area contributed by atoms with Gasteiger partial charge in [-0.15, -0.1) is 0 Å². The Bertz CT molecular complexity index is 947. The van der Waals surface area contributed by atoms with Crippen LogP contribution in [0.3, 0.4) is 0 Å². The molecule has 0 spiro atoms. The first-order valence-electron chi connectivity index (χ1n) is 12.2. The molecule has 0 amide bonds. The van der Waals surface area contributed by atoms with Crippen LogP contribution in [0.15, 0.2) is 54.1 Å². The van der Waals surface area contributed by atoms with E-state index in [1.165, 1.54) is 5.57 Å². The molecule has 32 heavy (non-hydrogen) atoms. The minimum atomic E-state index is -0.306. The summed E-state index contributed by atoms with van der Waals surface area (Å²) in [4.78, 5) is 24.7. The lowest BCUT2D eigenvalue weighted by molar-refractivity contribution is -0.165. The van der Waals surface area contributed by atoms with Crippen molar-refractivity contribution in [3.63, 3.8) is 0 Å². The Labute approximate surface area is 191 Å². The fourth-order valence-electron chi connectivity index (χ4n) is 7.28. The molecule has 4 aliphatic rings. The Hall–Kier alpha value is -2.36. The van der Waals surface area contributed by atoms with E-state index in [0.29, 0.717) is 35.7 Å². The van der Waals surface area contributed by atoms with Gasteiger partial charge in [-0.2, -0.15) is 0 Å². The predicted molar refractivity (Wildman–Crippen MR) is 123 cm³/mol. The van der Waals surface area contributed by atoms with Crippen LogP contribution in [-0.2, 0) is 14.3 Å². The largest absolute Gasteiger partial charge is 0.482 e. The van der Waals surface area contributed by atoms with Gasteiger partial charge in [0.15, 0.2) is 12.4 Å². The molecule has 1 aromatic carbocycles. The molecule has 2 saturated carbocycles. The Kier molecular flexibility index (Phi) is 5.51. The molecule has 0 radical (unpaired) electrons. The van der Waals surface area contributed by atoms with Crippen molar-refractivity contribution in [3.05, 3.63) is 54.1 Å². The van der Waals surface area contributed by atoms with Gasteiger partial charge < -0.3 is 9.47 Å². The zero-order chi connectivity index (χ0) is 22.3. The molecule has 0 heterocycles. The minimum absolute atomic E-state index is 0.0413. The second-order valence-electron chi connectivity index (χ2n) is 10.7. The number of benzene rings is 1. The molecule has 4 aliphatic carbocycles. The van der Waals surface area contributed by atoms with E-state index in [0.717, 1.165) is 38.5 Å². The van der Waals surface area contributed by atoms with Crippen molar-refractivity contribution in [3.8, 4) is 5.75 Å². The van der Waals surface area contributed by atoms with E-state index >= 15 is 0 Å². The molecule has 1 aromatic rings. The van der Waals surface area contributed by atoms with Gasteiger partial charge in [0.2, 0.25) is 0 Å². The third-order valence-electron chi connectivity index (χ3n) is 9.11. The number of para-hydroxylation sites is 1. The molecular formula is C28H34O4. The van der Waals surface area contributed by atoms with Gasteiger partial charge >= 0.3 is 5.97 Å². The van der Waals surface area contributed by atoms with Crippen LogP contribution in [0.4, 0.5) is 0 Å². The summed E-state index contributed by atoms with van der Waals surface area (Å²) >= 11 is 0. The molecular weight excluding hydrogens is 400 g/mol. The Morgan fingerprint density at radius 1 is 1.06 bits per heavy atom. The lowest BCUT2D eigenvalue weighted by Gasteiger charge is -2.60. The SMILES string of the molecule is C[C@@]12CCC(=O)C=C1CC[C@H]1[C@@H]2CC[C@]2(C)C(OC(=O)COc3ccccc3)C=CC[C@@H]12. The van der Waals surface area contributed by atoms with E-state index in [2.05, 4.69) is 26.0 Å². The summed E-state index contributed by atoms with van der Waals surface area (Å²) in [6, 6.07) is 9.39. The highest BCUT2D eigenvalue weighted by molar-refractivity contribution is 5.91. The van der Waals surface area contributed by atoms with Crippen LogP contribution < -0.4 is 4.74 Å². The summed E-state index contributed by atoms with van der Waals surface area (Å²) < 4.78 is 11.6. The average molecular weight is 435 g/mol. The highest BCUT2D eigenvalue weighted by atomic mass is 16.6. The lowest BCUT2D eigenvalue weighted by Crippen LogP contribution is -2.55. The number of carbonyl (C=O) groups is 2. The first kappa shape index (κ1) is 21.5. The third-order valence-corrected chi connectivity index (χ3v) is 9.11. The number of carbonyl (C=O) groups excluding carboxylic acids is 2. The zero-order valence-corrected chi connectivity index (χ0v) is 19.2. The molecule has 4 nitrogen and oxygen atoms in total. The van der Waals surface area contributed by atoms with E-state index in [1.807, 2.05) is 36.4 Å². The lowest BCUT2D eigenvalue weighted by atomic mass is 9.45. The fourth-order valence-corrected chi connectivity index (χ4v) is 7.28. The van der Waals surface area contributed by atoms with Gasteiger partial charge in [-0.25, -0.2) is 4.79 Å². The van der Waals surface area contributed by atoms with E-state index in [4.69, 9.17) is 9.47 Å². The van der Waals surface area contributed by atoms with Crippen LogP contribution >= 0.6 is 0 Å². The normalized spacial score (nSPS) is 38.1. The van der Waals surface area contributed by atoms with Crippen LogP contribution in [0, 0.1) is 28.6 Å². The zero-order valence-electron chi connectivity index (χ0n) is 19.2. The average Bonchev–Trinajstić information content (AvgIpc) is 2.79. The first-order valence-corrected chi connectivity index (χ1v) is 12.2. The van der Waals surface area contributed by atoms with Crippen LogP contribution in [0.2, 0.25) is 0 Å². The van der Waals surface area contributed by atoms with Crippen LogP contribution in [0.5, 0.6) is 5.75 Å². The maximum absolute atomic E-state index is 12.6. The second-order valence-corrected chi connectivity index (χ2v) is 10.7. The highest BCUT2D eigenvalue weighted by Crippen LogP contribution is 2.63. The fraction of sp³-hybridized carbons (Fsp3) is 0.571. The molecule has 0 N–H and O–H groups in total. The molecule has 0 bridgehead atoms. The minimum Gasteiger partial charge on any atom is -0.482 e. The quantitative estimate of drug-likeness (QED) is 0.452. The number of allylic oxidation sites excluding steroid dienone is 3. The summed E-state index contributed by atoms with van der Waals surface area (Å²) in [6.07, 6.45) is 13.2. The van der Waals surface area contributed by atoms with Gasteiger partial charge in [-0.05, 0) is 86.0 Å². The Morgan fingerprint density at radius 2 is 1.88 bits per heavy atom. The van der Waals surface area contributed by atoms with Crippen molar-refractivity contribution in [1.29, 1.82) is 0 Å². The maximum Gasteiger partial charge on any atom is 0.344 e. The molecule has 1 unspecified atom stereocenters. The van der Waals surface area contributed by atoms with Crippen LogP contribution in [-0.4, -0.2) is 24.5 Å². The summed E-state index contributed by atoms with van der Waals surface area (Å²) in [7, 11) is 0. The third kappa shape index (κ3) is 3.62. The number of hydrogen-bond acceptors (Lipinski definition) is 4. The first-order chi connectivity index (χ1) is 15.4. The van der Waals surface area contributed by atoms with Gasteiger partial charge in [0.05, 0.1) is 0 Å². The number of ether oxygens (including phenoxy) is 2. The summed E-state index contributed by atoms with van der Waals surface area (Å²) in [5.74, 6) is 2.43. The van der Waals surface area contributed by atoms with Crippen molar-refractivity contribution >= 4 is 11.8 Å². The number of ketones is 1. The van der Waals surface area contributed by atoms with Crippen molar-refractivity contribution in [2.45, 2.75) is 64.9 Å². The standard InChI is InChI=1S/C28H34O4/c1-27-15-13-20(29)17-19(27)11-12-22-23-9-6-10-25(28(23,2)16-14-24(22)27)32-26(30)18-31-21-7-4-3-5-8-21/h3-8,10,17,22-25H,9,11-16,18H2,1-2H3/t22-,23+,24+,25?,27-,28+/m1/s1. The van der Waals surface area contributed by atoms with Crippen LogP contribution in [0.25, 0.3) is 0 Å². The van der Waals surface area contributed by atoms with Gasteiger partial charge in [0, 0.05) is 11.8 Å². The molecule has 6 atom stereocenters. The van der Waals surface area contributed by atoms with E-state index < -0.39 is 0 Å². The molecule has 0 aliphatic heterocycles. The molecule has 5 rings (SSSR count). The van der Waals surface area contributed by atoms with Gasteiger partial charge in [0.25, 0.3) is 0 Å². The Morgan fingerprint density at radius 3 is 2.69 bits per heavy atom. The number of esters is 1. The van der Waals surface area contributed by atoms with E-state index in [1.54, 1.807) is 0 Å². The monoisotopic (exact) mass is 434 g/mol. The van der Waals surface area contributed by atoms with Gasteiger partial charge in [-0.3, -0.25) is 4.79 Å². The molecule has 0 aromatic heterocycles. The van der Waals surface area contributed by atoms with Gasteiger partial charge in [-0.1, -0.05) is 43.7 Å². The van der Waals surface area contributed by atoms with Crippen molar-refractivity contribution in [2.75, 3.05) is 6.61 Å². The van der Waals surface area contributed by atoms with Crippen LogP contribution in [0.1, 0.15) is 58.8 Å². The topological polar surface area (TPSA) is 52.6 Å². The predicted octanol–water partition coefficient (Wildman–Crippen LogP) is 5.68. The molecule has 170 valence electrons. The second kappa shape index (κ2) is 8.20. The van der Waals surface area contributed by atoms with Crippen molar-refractivity contribution < 1.29 is 19.1 Å². The Balaban J connectivity index is 1.30. The summed E-state index contributed by atoms with van der Waals surface area (Å²) in [5.41, 5.74) is 1.51.